The maximum atomic E-state index is 11.8. The molecule has 0 radical (unpaired) electrons. The van der Waals surface area contributed by atoms with Gasteiger partial charge in [0.25, 0.3) is 0 Å². The molecule has 0 N–H and O–H groups in total. The number of hydrogen-bond donors (Lipinski definition) is 0. The molecule has 1 amide bonds. The predicted octanol–water partition coefficient (Wildman–Crippen LogP) is 2.67. The summed E-state index contributed by atoms with van der Waals surface area (Å²) in [6, 6.07) is 3.65. The second kappa shape index (κ2) is 6.41. The van der Waals surface area contributed by atoms with E-state index >= 15 is 0 Å². The number of rotatable bonds is 3. The molecule has 0 atom stereocenters. The summed E-state index contributed by atoms with van der Waals surface area (Å²) in [5, 5.41) is 0.604. The summed E-state index contributed by atoms with van der Waals surface area (Å²) in [4.78, 5) is 27.5. The van der Waals surface area contributed by atoms with E-state index in [1.54, 1.807) is 17.6 Å². The second-order valence-corrected chi connectivity index (χ2v) is 5.84. The summed E-state index contributed by atoms with van der Waals surface area (Å²) >= 11 is 7.49. The van der Waals surface area contributed by atoms with Gasteiger partial charge in [0.05, 0.1) is 16.8 Å². The van der Waals surface area contributed by atoms with Crippen molar-refractivity contribution in [1.82, 2.24) is 4.57 Å². The van der Waals surface area contributed by atoms with Gasteiger partial charge < -0.3 is 9.30 Å². The molecular formula is C14H15ClN2O3S. The number of fused-ring (bicyclic) bond motifs is 1. The van der Waals surface area contributed by atoms with E-state index in [4.69, 9.17) is 16.3 Å². The van der Waals surface area contributed by atoms with Gasteiger partial charge in [0.15, 0.2) is 4.80 Å². The normalized spacial score (nSPS) is 11.9. The SMILES string of the molecule is CCOC(=O)Cn1c(=NC(C)=O)sc2ccc(Cl)c(C)c21. The van der Waals surface area contributed by atoms with Gasteiger partial charge in [-0.05, 0) is 31.5 Å². The molecule has 0 aliphatic carbocycles. The number of ether oxygens (including phenoxy) is 1. The Kier molecular flexibility index (Phi) is 4.80. The van der Waals surface area contributed by atoms with Gasteiger partial charge in [0.2, 0.25) is 5.91 Å². The quantitative estimate of drug-likeness (QED) is 0.815. The third kappa shape index (κ3) is 3.33. The molecule has 0 bridgehead atoms. The van der Waals surface area contributed by atoms with Crippen LogP contribution >= 0.6 is 22.9 Å². The Hall–Kier alpha value is -1.66. The van der Waals surface area contributed by atoms with E-state index in [1.165, 1.54) is 18.3 Å². The first-order chi connectivity index (χ1) is 9.93. The van der Waals surface area contributed by atoms with E-state index in [0.29, 0.717) is 16.4 Å². The Bertz CT molecular complexity index is 776. The summed E-state index contributed by atoms with van der Waals surface area (Å²) in [5.41, 5.74) is 1.65. The van der Waals surface area contributed by atoms with Crippen molar-refractivity contribution in [3.63, 3.8) is 0 Å². The Morgan fingerprint density at radius 3 is 2.76 bits per heavy atom. The summed E-state index contributed by atoms with van der Waals surface area (Å²) < 4.78 is 7.58. The Morgan fingerprint density at radius 1 is 1.43 bits per heavy atom. The summed E-state index contributed by atoms with van der Waals surface area (Å²) in [7, 11) is 0. The molecule has 0 aliphatic heterocycles. The molecule has 1 aromatic heterocycles. The third-order valence-corrected chi connectivity index (χ3v) is 4.33. The largest absolute Gasteiger partial charge is 0.465 e. The molecule has 112 valence electrons. The van der Waals surface area contributed by atoms with Crippen LogP contribution in [0.4, 0.5) is 0 Å². The summed E-state index contributed by atoms with van der Waals surface area (Å²) in [6.45, 7) is 5.30. The highest BCUT2D eigenvalue weighted by molar-refractivity contribution is 7.16. The average Bonchev–Trinajstić information content (AvgIpc) is 2.72. The molecular weight excluding hydrogens is 312 g/mol. The van der Waals surface area contributed by atoms with Gasteiger partial charge in [-0.1, -0.05) is 22.9 Å². The van der Waals surface area contributed by atoms with Crippen LogP contribution in [0.25, 0.3) is 10.2 Å². The van der Waals surface area contributed by atoms with Gasteiger partial charge >= 0.3 is 5.97 Å². The van der Waals surface area contributed by atoms with Crippen LogP contribution in [0.2, 0.25) is 5.02 Å². The van der Waals surface area contributed by atoms with E-state index in [1.807, 2.05) is 13.0 Å². The second-order valence-electron chi connectivity index (χ2n) is 4.43. The van der Waals surface area contributed by atoms with E-state index in [9.17, 15) is 9.59 Å². The highest BCUT2D eigenvalue weighted by atomic mass is 35.5. The molecule has 1 heterocycles. The lowest BCUT2D eigenvalue weighted by atomic mass is 10.2. The molecule has 1 aromatic carbocycles. The number of halogens is 1. The van der Waals surface area contributed by atoms with Crippen molar-refractivity contribution < 1.29 is 14.3 Å². The fourth-order valence-corrected chi connectivity index (χ4v) is 3.30. The van der Waals surface area contributed by atoms with Gasteiger partial charge in [-0.25, -0.2) is 0 Å². The standard InChI is InChI=1S/C14H15ClN2O3S/c1-4-20-12(19)7-17-13-8(2)10(15)5-6-11(13)21-14(17)16-9(3)18/h5-6H,4,7H2,1-3H3. The lowest BCUT2D eigenvalue weighted by Crippen LogP contribution is -2.23. The van der Waals surface area contributed by atoms with Crippen molar-refractivity contribution in [3.05, 3.63) is 27.5 Å². The van der Waals surface area contributed by atoms with Crippen molar-refractivity contribution in [2.45, 2.75) is 27.3 Å². The minimum Gasteiger partial charge on any atom is -0.465 e. The highest BCUT2D eigenvalue weighted by Gasteiger charge is 2.14. The van der Waals surface area contributed by atoms with Crippen LogP contribution in [-0.4, -0.2) is 23.1 Å². The fraction of sp³-hybridized carbons (Fsp3) is 0.357. The molecule has 2 aromatic rings. The lowest BCUT2D eigenvalue weighted by molar-refractivity contribution is -0.143. The number of hydrogen-bond acceptors (Lipinski definition) is 4. The van der Waals surface area contributed by atoms with Gasteiger partial charge in [0, 0.05) is 11.9 Å². The van der Waals surface area contributed by atoms with E-state index < -0.39 is 0 Å². The first-order valence-corrected chi connectivity index (χ1v) is 7.62. The third-order valence-electron chi connectivity index (χ3n) is 2.88. The van der Waals surface area contributed by atoms with Crippen LogP contribution in [-0.2, 0) is 20.9 Å². The minimum absolute atomic E-state index is 0.00113. The molecule has 2 rings (SSSR count). The van der Waals surface area contributed by atoms with Crippen LogP contribution in [0.5, 0.6) is 0 Å². The molecule has 0 saturated heterocycles. The number of carbonyl (C=O) groups excluding carboxylic acids is 2. The number of benzene rings is 1. The summed E-state index contributed by atoms with van der Waals surface area (Å²) in [5.74, 6) is -0.690. The summed E-state index contributed by atoms with van der Waals surface area (Å²) in [6.07, 6.45) is 0. The first-order valence-electron chi connectivity index (χ1n) is 6.43. The van der Waals surface area contributed by atoms with Crippen molar-refractivity contribution in [2.24, 2.45) is 4.99 Å². The molecule has 0 spiro atoms. The van der Waals surface area contributed by atoms with Crippen LogP contribution in [0.15, 0.2) is 17.1 Å². The highest BCUT2D eigenvalue weighted by Crippen LogP contribution is 2.27. The smallest absolute Gasteiger partial charge is 0.326 e. The van der Waals surface area contributed by atoms with Crippen LogP contribution in [0.1, 0.15) is 19.4 Å². The Morgan fingerprint density at radius 2 is 2.14 bits per heavy atom. The van der Waals surface area contributed by atoms with Gasteiger partial charge in [0.1, 0.15) is 6.54 Å². The molecule has 0 unspecified atom stereocenters. The van der Waals surface area contributed by atoms with Crippen molar-refractivity contribution in [3.8, 4) is 0 Å². The van der Waals surface area contributed by atoms with Crippen LogP contribution in [0.3, 0.4) is 0 Å². The van der Waals surface area contributed by atoms with Gasteiger partial charge in [-0.2, -0.15) is 4.99 Å². The zero-order chi connectivity index (χ0) is 15.6. The van der Waals surface area contributed by atoms with Crippen LogP contribution in [0, 0.1) is 6.92 Å². The maximum absolute atomic E-state index is 11.8. The van der Waals surface area contributed by atoms with Crippen LogP contribution < -0.4 is 4.80 Å². The number of amides is 1. The Balaban J connectivity index is 2.70. The zero-order valence-electron chi connectivity index (χ0n) is 12.0. The number of aromatic nitrogens is 1. The number of aryl methyl sites for hydroxylation is 1. The molecule has 0 aliphatic rings. The van der Waals surface area contributed by atoms with Crippen molar-refractivity contribution in [1.29, 1.82) is 0 Å². The van der Waals surface area contributed by atoms with Gasteiger partial charge in [-0.3, -0.25) is 9.59 Å². The number of thiazole rings is 1. The molecule has 0 fully saturated rings. The lowest BCUT2D eigenvalue weighted by Gasteiger charge is -2.07. The van der Waals surface area contributed by atoms with Crippen molar-refractivity contribution in [2.75, 3.05) is 6.61 Å². The zero-order valence-corrected chi connectivity index (χ0v) is 13.5. The monoisotopic (exact) mass is 326 g/mol. The van der Waals surface area contributed by atoms with Gasteiger partial charge in [-0.15, -0.1) is 0 Å². The molecule has 7 heteroatoms. The number of esters is 1. The topological polar surface area (TPSA) is 60.7 Å². The fourth-order valence-electron chi connectivity index (χ4n) is 2.02. The Labute approximate surface area is 130 Å². The average molecular weight is 327 g/mol. The number of nitrogens with zero attached hydrogens (tertiary/aromatic N) is 2. The molecule has 0 saturated carbocycles. The number of carbonyl (C=O) groups is 2. The first kappa shape index (κ1) is 15.7. The van der Waals surface area contributed by atoms with E-state index in [-0.39, 0.29) is 18.4 Å². The molecule has 5 nitrogen and oxygen atoms in total. The van der Waals surface area contributed by atoms with E-state index in [0.717, 1.165) is 15.8 Å². The van der Waals surface area contributed by atoms with E-state index in [2.05, 4.69) is 4.99 Å². The molecule has 21 heavy (non-hydrogen) atoms. The minimum atomic E-state index is -0.374. The maximum Gasteiger partial charge on any atom is 0.326 e. The van der Waals surface area contributed by atoms with Crippen molar-refractivity contribution >= 4 is 45.0 Å². The predicted molar refractivity (Wildman–Crippen MR) is 82.4 cm³/mol.